The summed E-state index contributed by atoms with van der Waals surface area (Å²) >= 11 is 0. The molecule has 0 fully saturated rings. The number of ether oxygens (including phenoxy) is 1. The van der Waals surface area contributed by atoms with Crippen molar-refractivity contribution in [1.29, 1.82) is 0 Å². The normalized spacial score (nSPS) is 10.4. The molecule has 126 valence electrons. The van der Waals surface area contributed by atoms with E-state index in [2.05, 4.69) is 23.7 Å². The van der Waals surface area contributed by atoms with E-state index in [9.17, 15) is 4.79 Å². The molecule has 0 bridgehead atoms. The summed E-state index contributed by atoms with van der Waals surface area (Å²) in [5.41, 5.74) is 5.57. The predicted molar refractivity (Wildman–Crippen MR) is 101 cm³/mol. The molecule has 2 aromatic carbocycles. The summed E-state index contributed by atoms with van der Waals surface area (Å²) in [6, 6.07) is 20.2. The Morgan fingerprint density at radius 1 is 1.08 bits per heavy atom. The lowest BCUT2D eigenvalue weighted by molar-refractivity contribution is 0.0599. The minimum atomic E-state index is -0.318. The third-order valence-corrected chi connectivity index (χ3v) is 4.21. The van der Waals surface area contributed by atoms with Gasteiger partial charge in [-0.15, -0.1) is 6.58 Å². The minimum absolute atomic E-state index is 0.318. The van der Waals surface area contributed by atoms with E-state index in [1.54, 1.807) is 6.08 Å². The first-order chi connectivity index (χ1) is 12.2. The van der Waals surface area contributed by atoms with Gasteiger partial charge in [-0.25, -0.2) is 4.79 Å². The molecule has 1 heterocycles. The molecule has 1 aromatic heterocycles. The molecule has 0 aliphatic carbocycles. The second-order valence-electron chi connectivity index (χ2n) is 5.84. The summed E-state index contributed by atoms with van der Waals surface area (Å²) in [4.78, 5) is 15.9. The van der Waals surface area contributed by atoms with Crippen LogP contribution in [0.2, 0.25) is 0 Å². The highest BCUT2D eigenvalue weighted by atomic mass is 16.5. The Morgan fingerprint density at radius 2 is 1.72 bits per heavy atom. The summed E-state index contributed by atoms with van der Waals surface area (Å²) in [6.45, 7) is 3.81. The number of nitrogens with one attached hydrogen (secondary N) is 1. The average molecular weight is 331 g/mol. The van der Waals surface area contributed by atoms with Gasteiger partial charge in [-0.1, -0.05) is 66.7 Å². The van der Waals surface area contributed by atoms with E-state index in [1.165, 1.54) is 7.11 Å². The number of hydrogen-bond donors (Lipinski definition) is 1. The number of aromatic nitrogens is 1. The molecule has 0 spiro atoms. The fourth-order valence-corrected chi connectivity index (χ4v) is 3.07. The van der Waals surface area contributed by atoms with Crippen LogP contribution in [0.25, 0.3) is 11.3 Å². The predicted octanol–water partition coefficient (Wildman–Crippen LogP) is 4.79. The van der Waals surface area contributed by atoms with Crippen molar-refractivity contribution in [1.82, 2.24) is 4.98 Å². The number of hydrogen-bond acceptors (Lipinski definition) is 2. The molecule has 3 nitrogen and oxygen atoms in total. The van der Waals surface area contributed by atoms with Crippen LogP contribution in [-0.2, 0) is 17.6 Å². The highest BCUT2D eigenvalue weighted by molar-refractivity contribution is 5.95. The molecule has 3 heteroatoms. The molecule has 0 saturated heterocycles. The summed E-state index contributed by atoms with van der Waals surface area (Å²) in [7, 11) is 1.42. The second kappa shape index (κ2) is 7.67. The quantitative estimate of drug-likeness (QED) is 0.521. The van der Waals surface area contributed by atoms with E-state index in [0.29, 0.717) is 18.4 Å². The van der Waals surface area contributed by atoms with Crippen LogP contribution < -0.4 is 0 Å². The van der Waals surface area contributed by atoms with Gasteiger partial charge in [-0.2, -0.15) is 0 Å². The molecule has 0 radical (unpaired) electrons. The van der Waals surface area contributed by atoms with Gasteiger partial charge < -0.3 is 9.72 Å². The number of benzene rings is 2. The minimum Gasteiger partial charge on any atom is -0.465 e. The number of aromatic amines is 1. The van der Waals surface area contributed by atoms with Crippen LogP contribution in [0.3, 0.4) is 0 Å². The topological polar surface area (TPSA) is 42.1 Å². The number of methoxy groups -OCH3 is 1. The SMILES string of the molecule is C=CCc1[nH]c(-c2ccccc2)c(Cc2ccccc2)c1C(=O)OC. The zero-order valence-corrected chi connectivity index (χ0v) is 14.3. The second-order valence-corrected chi connectivity index (χ2v) is 5.84. The van der Waals surface area contributed by atoms with Crippen molar-refractivity contribution in [2.45, 2.75) is 12.8 Å². The van der Waals surface area contributed by atoms with Crippen molar-refractivity contribution in [2.75, 3.05) is 7.11 Å². The third-order valence-electron chi connectivity index (χ3n) is 4.21. The van der Waals surface area contributed by atoms with Crippen molar-refractivity contribution >= 4 is 5.97 Å². The Hall–Kier alpha value is -3.07. The van der Waals surface area contributed by atoms with Gasteiger partial charge in [0.15, 0.2) is 0 Å². The van der Waals surface area contributed by atoms with Crippen molar-refractivity contribution in [2.24, 2.45) is 0 Å². The van der Waals surface area contributed by atoms with Crippen molar-refractivity contribution in [3.63, 3.8) is 0 Å². The first-order valence-electron chi connectivity index (χ1n) is 8.27. The molecule has 0 aliphatic rings. The fourth-order valence-electron chi connectivity index (χ4n) is 3.07. The van der Waals surface area contributed by atoms with Crippen LogP contribution >= 0.6 is 0 Å². The van der Waals surface area contributed by atoms with E-state index in [0.717, 1.165) is 28.1 Å². The summed E-state index contributed by atoms with van der Waals surface area (Å²) < 4.78 is 5.06. The van der Waals surface area contributed by atoms with Gasteiger partial charge >= 0.3 is 5.97 Å². The largest absolute Gasteiger partial charge is 0.465 e. The van der Waals surface area contributed by atoms with E-state index in [1.807, 2.05) is 48.5 Å². The van der Waals surface area contributed by atoms with E-state index in [4.69, 9.17) is 4.74 Å². The lowest BCUT2D eigenvalue weighted by Gasteiger charge is -2.08. The van der Waals surface area contributed by atoms with Crippen LogP contribution in [-0.4, -0.2) is 18.1 Å². The molecular weight excluding hydrogens is 310 g/mol. The number of carbonyl (C=O) groups is 1. The number of carbonyl (C=O) groups excluding carboxylic acids is 1. The molecular formula is C22H21NO2. The monoisotopic (exact) mass is 331 g/mol. The van der Waals surface area contributed by atoms with Crippen LogP contribution in [0.15, 0.2) is 73.3 Å². The Kier molecular flexibility index (Phi) is 5.14. The average Bonchev–Trinajstić information content (AvgIpc) is 3.01. The number of allylic oxidation sites excluding steroid dienone is 1. The Morgan fingerprint density at radius 3 is 2.32 bits per heavy atom. The smallest absolute Gasteiger partial charge is 0.340 e. The van der Waals surface area contributed by atoms with Gasteiger partial charge in [0.25, 0.3) is 0 Å². The van der Waals surface area contributed by atoms with Crippen LogP contribution in [0, 0.1) is 0 Å². The van der Waals surface area contributed by atoms with Crippen LogP contribution in [0.5, 0.6) is 0 Å². The van der Waals surface area contributed by atoms with Crippen molar-refractivity contribution < 1.29 is 9.53 Å². The zero-order chi connectivity index (χ0) is 17.6. The summed E-state index contributed by atoms with van der Waals surface area (Å²) in [6.07, 6.45) is 3.03. The molecule has 0 amide bonds. The van der Waals surface area contributed by atoms with Crippen LogP contribution in [0.4, 0.5) is 0 Å². The number of esters is 1. The Labute approximate surface area is 148 Å². The maximum Gasteiger partial charge on any atom is 0.340 e. The Balaban J connectivity index is 2.19. The molecule has 3 rings (SSSR count). The molecule has 0 saturated carbocycles. The van der Waals surface area contributed by atoms with Gasteiger partial charge in [0.05, 0.1) is 18.4 Å². The molecule has 0 atom stereocenters. The van der Waals surface area contributed by atoms with Gasteiger partial charge in [-0.05, 0) is 16.7 Å². The van der Waals surface area contributed by atoms with Crippen molar-refractivity contribution in [3.8, 4) is 11.3 Å². The standard InChI is InChI=1S/C22H21NO2/c1-3-10-19-20(22(24)25-2)18(15-16-11-6-4-7-12-16)21(23-19)17-13-8-5-9-14-17/h3-9,11-14,23H,1,10,15H2,2H3. The number of rotatable bonds is 6. The molecule has 0 unspecified atom stereocenters. The van der Waals surface area contributed by atoms with Crippen LogP contribution in [0.1, 0.15) is 27.2 Å². The van der Waals surface area contributed by atoms with Gasteiger partial charge in [0.1, 0.15) is 0 Å². The number of H-pyrrole nitrogens is 1. The molecule has 25 heavy (non-hydrogen) atoms. The molecule has 1 N–H and O–H groups in total. The lowest BCUT2D eigenvalue weighted by atomic mass is 9.96. The maximum absolute atomic E-state index is 12.5. The highest BCUT2D eigenvalue weighted by Gasteiger charge is 2.24. The van der Waals surface area contributed by atoms with E-state index >= 15 is 0 Å². The third kappa shape index (κ3) is 3.56. The maximum atomic E-state index is 12.5. The van der Waals surface area contributed by atoms with Gasteiger partial charge in [0, 0.05) is 18.5 Å². The van der Waals surface area contributed by atoms with E-state index < -0.39 is 0 Å². The highest BCUT2D eigenvalue weighted by Crippen LogP contribution is 2.31. The summed E-state index contributed by atoms with van der Waals surface area (Å²) in [5, 5.41) is 0. The lowest BCUT2D eigenvalue weighted by Crippen LogP contribution is -2.07. The van der Waals surface area contributed by atoms with Crippen molar-refractivity contribution in [3.05, 3.63) is 95.7 Å². The van der Waals surface area contributed by atoms with E-state index in [-0.39, 0.29) is 5.97 Å². The molecule has 3 aromatic rings. The first kappa shape index (κ1) is 16.8. The van der Waals surface area contributed by atoms with Gasteiger partial charge in [0.2, 0.25) is 0 Å². The Bertz CT molecular complexity index is 864. The fraction of sp³-hybridized carbons (Fsp3) is 0.136. The summed E-state index contributed by atoms with van der Waals surface area (Å²) in [5.74, 6) is -0.318. The zero-order valence-electron chi connectivity index (χ0n) is 14.3. The molecule has 0 aliphatic heterocycles. The first-order valence-corrected chi connectivity index (χ1v) is 8.27. The van der Waals surface area contributed by atoms with Gasteiger partial charge in [-0.3, -0.25) is 0 Å².